The van der Waals surface area contributed by atoms with Gasteiger partial charge in [-0.2, -0.15) is 0 Å². The fourth-order valence-corrected chi connectivity index (χ4v) is 3.64. The van der Waals surface area contributed by atoms with Gasteiger partial charge in [0.2, 0.25) is 0 Å². The Morgan fingerprint density at radius 1 is 1.53 bits per heavy atom. The van der Waals surface area contributed by atoms with E-state index >= 15 is 0 Å². The molecule has 84 valence electrons. The van der Waals surface area contributed by atoms with Crippen LogP contribution in [0.5, 0.6) is 0 Å². The summed E-state index contributed by atoms with van der Waals surface area (Å²) in [4.78, 5) is 1.35. The van der Waals surface area contributed by atoms with Crippen LogP contribution >= 0.6 is 27.3 Å². The highest BCUT2D eigenvalue weighted by Crippen LogP contribution is 2.27. The van der Waals surface area contributed by atoms with E-state index in [4.69, 9.17) is 0 Å². The first-order valence-electron chi connectivity index (χ1n) is 5.37. The molecule has 2 rings (SSSR count). The number of nitrogens with one attached hydrogen (secondary N) is 1. The lowest BCUT2D eigenvalue weighted by molar-refractivity contribution is 0.205. The normalized spacial score (nSPS) is 26.0. The largest absolute Gasteiger partial charge is 0.396 e. The fraction of sp³-hybridized carbons (Fsp3) is 0.636. The van der Waals surface area contributed by atoms with Gasteiger partial charge in [0.25, 0.3) is 0 Å². The molecule has 4 heteroatoms. The molecule has 1 aliphatic carbocycles. The lowest BCUT2D eigenvalue weighted by Gasteiger charge is -2.18. The van der Waals surface area contributed by atoms with Gasteiger partial charge < -0.3 is 10.4 Å². The molecule has 1 aromatic rings. The molecule has 0 radical (unpaired) electrons. The molecule has 0 amide bonds. The second-order valence-corrected chi connectivity index (χ2v) is 5.91. The van der Waals surface area contributed by atoms with E-state index in [1.165, 1.54) is 28.6 Å². The average molecular weight is 290 g/mol. The van der Waals surface area contributed by atoms with Gasteiger partial charge in [0.1, 0.15) is 0 Å². The number of aliphatic hydroxyl groups is 1. The molecule has 1 heterocycles. The van der Waals surface area contributed by atoms with Crippen molar-refractivity contribution in [2.45, 2.75) is 31.8 Å². The van der Waals surface area contributed by atoms with Gasteiger partial charge in [0.05, 0.1) is 0 Å². The number of thiophene rings is 1. The molecule has 0 bridgehead atoms. The van der Waals surface area contributed by atoms with Crippen LogP contribution in [0.15, 0.2) is 15.9 Å². The van der Waals surface area contributed by atoms with Gasteiger partial charge in [0, 0.05) is 28.5 Å². The van der Waals surface area contributed by atoms with Crippen LogP contribution in [-0.2, 0) is 6.54 Å². The van der Waals surface area contributed by atoms with Gasteiger partial charge in [-0.05, 0) is 46.1 Å². The monoisotopic (exact) mass is 289 g/mol. The minimum atomic E-state index is 0.323. The van der Waals surface area contributed by atoms with Gasteiger partial charge in [0.15, 0.2) is 0 Å². The molecule has 0 spiro atoms. The molecule has 2 N–H and O–H groups in total. The van der Waals surface area contributed by atoms with Crippen molar-refractivity contribution in [1.82, 2.24) is 5.32 Å². The Morgan fingerprint density at radius 3 is 3.07 bits per heavy atom. The lowest BCUT2D eigenvalue weighted by atomic mass is 10.1. The Bertz CT molecular complexity index is 315. The third-order valence-electron chi connectivity index (χ3n) is 3.11. The quantitative estimate of drug-likeness (QED) is 0.893. The van der Waals surface area contributed by atoms with E-state index < -0.39 is 0 Å². The summed E-state index contributed by atoms with van der Waals surface area (Å²) in [6.45, 7) is 1.24. The molecule has 2 atom stereocenters. The zero-order chi connectivity index (χ0) is 10.7. The molecular weight excluding hydrogens is 274 g/mol. The summed E-state index contributed by atoms with van der Waals surface area (Å²) in [7, 11) is 0. The number of halogens is 1. The molecule has 1 aromatic heterocycles. The van der Waals surface area contributed by atoms with E-state index in [0.29, 0.717) is 18.6 Å². The smallest absolute Gasteiger partial charge is 0.0474 e. The average Bonchev–Trinajstić information content (AvgIpc) is 2.83. The highest BCUT2D eigenvalue weighted by atomic mass is 79.9. The van der Waals surface area contributed by atoms with Crippen LogP contribution in [0.25, 0.3) is 0 Å². The van der Waals surface area contributed by atoms with Crippen molar-refractivity contribution in [2.75, 3.05) is 6.61 Å². The molecule has 2 unspecified atom stereocenters. The molecule has 2 nitrogen and oxygen atoms in total. The third kappa shape index (κ3) is 2.81. The molecule has 1 saturated carbocycles. The zero-order valence-electron chi connectivity index (χ0n) is 8.58. The Morgan fingerprint density at radius 2 is 2.40 bits per heavy atom. The predicted molar refractivity (Wildman–Crippen MR) is 67.1 cm³/mol. The molecule has 0 aromatic carbocycles. The third-order valence-corrected chi connectivity index (χ3v) is 5.04. The van der Waals surface area contributed by atoms with E-state index in [1.54, 1.807) is 11.3 Å². The maximum Gasteiger partial charge on any atom is 0.0474 e. The Labute approximate surface area is 103 Å². The first kappa shape index (κ1) is 11.6. The zero-order valence-corrected chi connectivity index (χ0v) is 11.0. The van der Waals surface area contributed by atoms with Crippen LogP contribution in [0.4, 0.5) is 0 Å². The fourth-order valence-electron chi connectivity index (χ4n) is 2.20. The van der Waals surface area contributed by atoms with Crippen LogP contribution in [-0.4, -0.2) is 17.8 Å². The van der Waals surface area contributed by atoms with Crippen molar-refractivity contribution in [1.29, 1.82) is 0 Å². The Hall–Kier alpha value is 0.100. The first-order valence-corrected chi connectivity index (χ1v) is 7.04. The standard InChI is InChI=1S/C11H16BrNOS/c12-9-4-5-15-11(9)6-13-10-3-1-2-8(10)7-14/h4-5,8,10,13-14H,1-3,6-7H2. The lowest BCUT2D eigenvalue weighted by Crippen LogP contribution is -2.33. The van der Waals surface area contributed by atoms with Gasteiger partial charge in [-0.3, -0.25) is 0 Å². The SMILES string of the molecule is OCC1CCCC1NCc1sccc1Br. The molecule has 0 saturated heterocycles. The van der Waals surface area contributed by atoms with E-state index in [2.05, 4.69) is 32.7 Å². The second kappa shape index (κ2) is 5.43. The number of aliphatic hydroxyl groups excluding tert-OH is 1. The van der Waals surface area contributed by atoms with E-state index in [1.807, 2.05) is 0 Å². The summed E-state index contributed by atoms with van der Waals surface area (Å²) in [6.07, 6.45) is 3.61. The van der Waals surface area contributed by atoms with E-state index in [9.17, 15) is 5.11 Å². The summed E-state index contributed by atoms with van der Waals surface area (Å²) in [5.41, 5.74) is 0. The summed E-state index contributed by atoms with van der Waals surface area (Å²) in [6, 6.07) is 2.59. The number of hydrogen-bond acceptors (Lipinski definition) is 3. The topological polar surface area (TPSA) is 32.3 Å². The highest BCUT2D eigenvalue weighted by Gasteiger charge is 2.25. The van der Waals surface area contributed by atoms with Crippen molar-refractivity contribution in [3.8, 4) is 0 Å². The van der Waals surface area contributed by atoms with Crippen molar-refractivity contribution in [3.05, 3.63) is 20.8 Å². The summed E-state index contributed by atoms with van der Waals surface area (Å²) in [5, 5.41) is 14.8. The predicted octanol–water partition coefficient (Wildman–Crippen LogP) is 2.76. The molecule has 1 aliphatic rings. The molecule has 15 heavy (non-hydrogen) atoms. The van der Waals surface area contributed by atoms with Crippen molar-refractivity contribution in [2.24, 2.45) is 5.92 Å². The van der Waals surface area contributed by atoms with E-state index in [-0.39, 0.29) is 0 Å². The minimum absolute atomic E-state index is 0.323. The van der Waals surface area contributed by atoms with Crippen LogP contribution in [0, 0.1) is 5.92 Å². The van der Waals surface area contributed by atoms with Crippen molar-refractivity contribution >= 4 is 27.3 Å². The van der Waals surface area contributed by atoms with E-state index in [0.717, 1.165) is 6.54 Å². The van der Waals surface area contributed by atoms with Crippen LogP contribution < -0.4 is 5.32 Å². The molecule has 1 fully saturated rings. The Balaban J connectivity index is 1.85. The summed E-state index contributed by atoms with van der Waals surface area (Å²) < 4.78 is 1.19. The van der Waals surface area contributed by atoms with Crippen LogP contribution in [0.2, 0.25) is 0 Å². The van der Waals surface area contributed by atoms with Crippen molar-refractivity contribution in [3.63, 3.8) is 0 Å². The summed E-state index contributed by atoms with van der Waals surface area (Å²) in [5.74, 6) is 0.462. The number of rotatable bonds is 4. The first-order chi connectivity index (χ1) is 7.31. The van der Waals surface area contributed by atoms with Crippen molar-refractivity contribution < 1.29 is 5.11 Å². The highest BCUT2D eigenvalue weighted by molar-refractivity contribution is 9.10. The molecule has 0 aliphatic heterocycles. The van der Waals surface area contributed by atoms with Crippen LogP contribution in [0.3, 0.4) is 0 Å². The van der Waals surface area contributed by atoms with Gasteiger partial charge in [-0.25, -0.2) is 0 Å². The number of hydrogen-bond donors (Lipinski definition) is 2. The molecular formula is C11H16BrNOS. The second-order valence-electron chi connectivity index (χ2n) is 4.05. The van der Waals surface area contributed by atoms with Gasteiger partial charge in [-0.1, -0.05) is 6.42 Å². The maximum absolute atomic E-state index is 9.20. The summed E-state index contributed by atoms with van der Waals surface area (Å²) >= 11 is 5.30. The Kier molecular flexibility index (Phi) is 4.20. The maximum atomic E-state index is 9.20. The van der Waals surface area contributed by atoms with Crippen LogP contribution in [0.1, 0.15) is 24.1 Å². The minimum Gasteiger partial charge on any atom is -0.396 e. The van der Waals surface area contributed by atoms with Gasteiger partial charge >= 0.3 is 0 Å². The van der Waals surface area contributed by atoms with Gasteiger partial charge in [-0.15, -0.1) is 11.3 Å².